The molecule has 0 aliphatic carbocycles. The van der Waals surface area contributed by atoms with Crippen molar-refractivity contribution in [2.75, 3.05) is 13.7 Å². The molecule has 1 aliphatic rings. The monoisotopic (exact) mass is 201 g/mol. The minimum absolute atomic E-state index is 0.202. The van der Waals surface area contributed by atoms with E-state index >= 15 is 0 Å². The van der Waals surface area contributed by atoms with Crippen LogP contribution in [-0.2, 0) is 9.53 Å². The summed E-state index contributed by atoms with van der Waals surface area (Å²) >= 11 is 0. The van der Waals surface area contributed by atoms with Gasteiger partial charge in [-0.25, -0.2) is 4.39 Å². The number of hydrogen-bond donors (Lipinski definition) is 1. The van der Waals surface area contributed by atoms with E-state index in [1.807, 2.05) is 0 Å². The number of methoxy groups -OCH3 is 1. The van der Waals surface area contributed by atoms with Crippen LogP contribution >= 0.6 is 0 Å². The lowest BCUT2D eigenvalue weighted by Crippen LogP contribution is -2.48. The van der Waals surface area contributed by atoms with Gasteiger partial charge < -0.3 is 4.74 Å². The summed E-state index contributed by atoms with van der Waals surface area (Å²) < 4.78 is 17.7. The number of allylic oxidation sites excluding steroid dienone is 1. The Morgan fingerprint density at radius 1 is 1.86 bits per heavy atom. The van der Waals surface area contributed by atoms with Crippen LogP contribution in [0.2, 0.25) is 0 Å². The van der Waals surface area contributed by atoms with Crippen LogP contribution in [0.3, 0.4) is 0 Å². The van der Waals surface area contributed by atoms with Crippen LogP contribution in [0.5, 0.6) is 0 Å². The Balaban J connectivity index is 2.69. The van der Waals surface area contributed by atoms with Gasteiger partial charge in [0, 0.05) is 13.0 Å². The molecule has 0 aromatic rings. The van der Waals surface area contributed by atoms with Gasteiger partial charge in [0.2, 0.25) is 0 Å². The average molecular weight is 201 g/mol. The zero-order valence-electron chi connectivity index (χ0n) is 8.38. The third-order valence-electron chi connectivity index (χ3n) is 2.58. The van der Waals surface area contributed by atoms with E-state index in [2.05, 4.69) is 16.6 Å². The van der Waals surface area contributed by atoms with E-state index in [1.54, 1.807) is 6.08 Å². The maximum absolute atomic E-state index is 13.0. The lowest BCUT2D eigenvalue weighted by atomic mass is 9.91. The van der Waals surface area contributed by atoms with E-state index in [9.17, 15) is 9.18 Å². The summed E-state index contributed by atoms with van der Waals surface area (Å²) in [6.07, 6.45) is 2.18. The molecule has 1 aliphatic heterocycles. The van der Waals surface area contributed by atoms with Gasteiger partial charge in [0.25, 0.3) is 0 Å². The SMILES string of the molecule is C=CCCC1(C(=O)OC)C[C@@H](F)CN1. The highest BCUT2D eigenvalue weighted by Crippen LogP contribution is 2.28. The van der Waals surface area contributed by atoms with E-state index < -0.39 is 11.7 Å². The molecule has 0 bridgehead atoms. The van der Waals surface area contributed by atoms with Crippen molar-refractivity contribution in [1.82, 2.24) is 5.32 Å². The van der Waals surface area contributed by atoms with Gasteiger partial charge in [-0.3, -0.25) is 10.1 Å². The fraction of sp³-hybridized carbons (Fsp3) is 0.700. The minimum atomic E-state index is -0.959. The Morgan fingerprint density at radius 2 is 2.57 bits per heavy atom. The van der Waals surface area contributed by atoms with Crippen LogP contribution in [0.15, 0.2) is 12.7 Å². The first-order valence-electron chi connectivity index (χ1n) is 4.73. The van der Waals surface area contributed by atoms with Crippen molar-refractivity contribution in [1.29, 1.82) is 0 Å². The molecule has 80 valence electrons. The van der Waals surface area contributed by atoms with E-state index in [4.69, 9.17) is 0 Å². The van der Waals surface area contributed by atoms with Crippen molar-refractivity contribution in [3.8, 4) is 0 Å². The van der Waals surface area contributed by atoms with Crippen LogP contribution in [0.25, 0.3) is 0 Å². The first-order chi connectivity index (χ1) is 6.64. The number of carbonyl (C=O) groups excluding carboxylic acids is 1. The van der Waals surface area contributed by atoms with Crippen LogP contribution in [0.1, 0.15) is 19.3 Å². The van der Waals surface area contributed by atoms with Crippen molar-refractivity contribution < 1.29 is 13.9 Å². The maximum Gasteiger partial charge on any atom is 0.326 e. The molecule has 0 amide bonds. The lowest BCUT2D eigenvalue weighted by Gasteiger charge is -2.25. The van der Waals surface area contributed by atoms with Crippen molar-refractivity contribution in [2.24, 2.45) is 0 Å². The quantitative estimate of drug-likeness (QED) is 0.548. The molecule has 0 aromatic heterocycles. The summed E-state index contributed by atoms with van der Waals surface area (Å²) in [4.78, 5) is 11.5. The van der Waals surface area contributed by atoms with Gasteiger partial charge in [-0.15, -0.1) is 6.58 Å². The van der Waals surface area contributed by atoms with Gasteiger partial charge in [-0.2, -0.15) is 0 Å². The molecular formula is C10H16FNO2. The van der Waals surface area contributed by atoms with Crippen molar-refractivity contribution in [2.45, 2.75) is 31.0 Å². The summed E-state index contributed by atoms with van der Waals surface area (Å²) in [6, 6.07) is 0. The number of ether oxygens (including phenoxy) is 1. The predicted octanol–water partition coefficient (Wildman–Crippen LogP) is 1.20. The van der Waals surface area contributed by atoms with Gasteiger partial charge in [0.05, 0.1) is 7.11 Å². The second-order valence-corrected chi connectivity index (χ2v) is 3.58. The normalized spacial score (nSPS) is 31.4. The second kappa shape index (κ2) is 4.55. The molecule has 0 aromatic carbocycles. The average Bonchev–Trinajstić information content (AvgIpc) is 2.57. The zero-order valence-corrected chi connectivity index (χ0v) is 8.38. The maximum atomic E-state index is 13.0. The number of carbonyl (C=O) groups is 1. The minimum Gasteiger partial charge on any atom is -0.468 e. The Hall–Kier alpha value is -0.900. The van der Waals surface area contributed by atoms with Crippen molar-refractivity contribution in [3.63, 3.8) is 0 Å². The fourth-order valence-electron chi connectivity index (χ4n) is 1.82. The fourth-order valence-corrected chi connectivity index (χ4v) is 1.82. The summed E-state index contributed by atoms with van der Waals surface area (Å²) in [5.74, 6) is -0.375. The van der Waals surface area contributed by atoms with Crippen LogP contribution in [-0.4, -0.2) is 31.3 Å². The van der Waals surface area contributed by atoms with E-state index in [1.165, 1.54) is 7.11 Å². The molecule has 1 rings (SSSR count). The van der Waals surface area contributed by atoms with Gasteiger partial charge in [-0.05, 0) is 12.8 Å². The highest BCUT2D eigenvalue weighted by atomic mass is 19.1. The summed E-state index contributed by atoms with van der Waals surface area (Å²) in [5.41, 5.74) is -0.831. The number of hydrogen-bond acceptors (Lipinski definition) is 3. The summed E-state index contributed by atoms with van der Waals surface area (Å²) in [7, 11) is 1.32. The van der Waals surface area contributed by atoms with Gasteiger partial charge in [0.1, 0.15) is 11.7 Å². The molecule has 1 fully saturated rings. The molecule has 14 heavy (non-hydrogen) atoms. The van der Waals surface area contributed by atoms with E-state index in [0.717, 1.165) is 0 Å². The highest BCUT2D eigenvalue weighted by molar-refractivity contribution is 5.81. The predicted molar refractivity (Wildman–Crippen MR) is 51.7 cm³/mol. The third kappa shape index (κ3) is 2.12. The number of rotatable bonds is 4. The Bertz CT molecular complexity index is 232. The molecule has 1 saturated heterocycles. The van der Waals surface area contributed by atoms with Crippen LogP contribution in [0.4, 0.5) is 4.39 Å². The smallest absolute Gasteiger partial charge is 0.326 e. The third-order valence-corrected chi connectivity index (χ3v) is 2.58. The molecule has 1 heterocycles. The second-order valence-electron chi connectivity index (χ2n) is 3.58. The largest absolute Gasteiger partial charge is 0.468 e. The molecule has 2 atom stereocenters. The summed E-state index contributed by atoms with van der Waals surface area (Å²) in [6.45, 7) is 3.81. The standard InChI is InChI=1S/C10H16FNO2/c1-3-4-5-10(9(13)14-2)6-8(11)7-12-10/h3,8,12H,1,4-7H2,2H3/t8-,10?/m1/s1. The van der Waals surface area contributed by atoms with Crippen LogP contribution in [0, 0.1) is 0 Å². The molecule has 0 saturated carbocycles. The molecule has 1 N–H and O–H groups in total. The van der Waals surface area contributed by atoms with Crippen molar-refractivity contribution >= 4 is 5.97 Å². The molecular weight excluding hydrogens is 185 g/mol. The highest BCUT2D eigenvalue weighted by Gasteiger charge is 2.45. The molecule has 0 spiro atoms. The lowest BCUT2D eigenvalue weighted by molar-refractivity contribution is -0.148. The first-order valence-corrected chi connectivity index (χ1v) is 4.73. The van der Waals surface area contributed by atoms with Crippen molar-refractivity contribution in [3.05, 3.63) is 12.7 Å². The first kappa shape index (κ1) is 11.2. The van der Waals surface area contributed by atoms with Gasteiger partial charge in [-0.1, -0.05) is 6.08 Å². The number of alkyl halides is 1. The molecule has 0 radical (unpaired) electrons. The molecule has 1 unspecified atom stereocenters. The molecule has 4 heteroatoms. The van der Waals surface area contributed by atoms with E-state index in [-0.39, 0.29) is 18.9 Å². The van der Waals surface area contributed by atoms with Gasteiger partial charge in [0.15, 0.2) is 0 Å². The van der Waals surface area contributed by atoms with E-state index in [0.29, 0.717) is 12.8 Å². The topological polar surface area (TPSA) is 38.3 Å². The Morgan fingerprint density at radius 3 is 3.00 bits per heavy atom. The Kier molecular flexibility index (Phi) is 3.63. The molecule has 3 nitrogen and oxygen atoms in total. The zero-order chi connectivity index (χ0) is 10.6. The van der Waals surface area contributed by atoms with Crippen LogP contribution < -0.4 is 5.32 Å². The number of halogens is 1. The number of nitrogens with one attached hydrogen (secondary N) is 1. The summed E-state index contributed by atoms with van der Waals surface area (Å²) in [5, 5.41) is 2.91. The van der Waals surface area contributed by atoms with Gasteiger partial charge >= 0.3 is 5.97 Å². The Labute approximate surface area is 83.3 Å². The number of esters is 1.